The minimum Gasteiger partial charge on any atom is -0.481 e. The number of carbonyl (C=O) groups is 1. The highest BCUT2D eigenvalue weighted by Crippen LogP contribution is 2.20. The molecule has 1 amide bonds. The van der Waals surface area contributed by atoms with Gasteiger partial charge in [-0.3, -0.25) is 4.79 Å². The highest BCUT2D eigenvalue weighted by molar-refractivity contribution is 5.86. The molecular weight excluding hydrogens is 322 g/mol. The quantitative estimate of drug-likeness (QED) is 0.686. The van der Waals surface area contributed by atoms with Gasteiger partial charge in [0.1, 0.15) is 5.75 Å². The van der Waals surface area contributed by atoms with Crippen LogP contribution in [0.15, 0.2) is 60.7 Å². The number of rotatable bonds is 6. The Morgan fingerprint density at radius 3 is 2.54 bits per heavy atom. The molecule has 0 heterocycles. The number of ether oxygens (including phenoxy) is 1. The molecule has 0 spiro atoms. The third kappa shape index (κ3) is 4.05. The molecule has 0 aliphatic rings. The maximum atomic E-state index is 12.6. The zero-order valence-corrected chi connectivity index (χ0v) is 15.6. The molecule has 0 aliphatic heterocycles. The fourth-order valence-electron chi connectivity index (χ4n) is 3.02. The number of hydrogen-bond donors (Lipinski definition) is 1. The van der Waals surface area contributed by atoms with Crippen LogP contribution in [0.1, 0.15) is 30.0 Å². The van der Waals surface area contributed by atoms with E-state index in [1.807, 2.05) is 56.3 Å². The zero-order valence-electron chi connectivity index (χ0n) is 15.6. The second kappa shape index (κ2) is 8.05. The number of aryl methyl sites for hydroxylation is 2. The molecule has 3 aromatic carbocycles. The fourth-order valence-corrected chi connectivity index (χ4v) is 3.02. The summed E-state index contributed by atoms with van der Waals surface area (Å²) in [5, 5.41) is 5.37. The highest BCUT2D eigenvalue weighted by atomic mass is 16.5. The predicted octanol–water partition coefficient (Wildman–Crippen LogP) is 4.93. The molecule has 3 nitrogen and oxygen atoms in total. The Labute approximate surface area is 155 Å². The lowest BCUT2D eigenvalue weighted by Crippen LogP contribution is -2.37. The van der Waals surface area contributed by atoms with E-state index in [2.05, 4.69) is 30.4 Å². The van der Waals surface area contributed by atoms with E-state index in [9.17, 15) is 4.79 Å². The molecule has 0 saturated carbocycles. The second-order valence-corrected chi connectivity index (χ2v) is 6.62. The summed E-state index contributed by atoms with van der Waals surface area (Å²) in [6, 6.07) is 20.3. The van der Waals surface area contributed by atoms with Crippen molar-refractivity contribution in [2.45, 2.75) is 39.8 Å². The summed E-state index contributed by atoms with van der Waals surface area (Å²) < 4.78 is 5.93. The van der Waals surface area contributed by atoms with Crippen LogP contribution < -0.4 is 10.1 Å². The SMILES string of the molecule is CCC(Oc1ccc(C)c(C)c1)C(=O)NCc1cccc2ccccc12. The van der Waals surface area contributed by atoms with Gasteiger partial charge < -0.3 is 10.1 Å². The molecule has 0 aromatic heterocycles. The summed E-state index contributed by atoms with van der Waals surface area (Å²) >= 11 is 0. The van der Waals surface area contributed by atoms with Crippen LogP contribution in [-0.4, -0.2) is 12.0 Å². The van der Waals surface area contributed by atoms with Gasteiger partial charge in [-0.05, 0) is 59.9 Å². The Balaban J connectivity index is 1.68. The predicted molar refractivity (Wildman–Crippen MR) is 106 cm³/mol. The Hall–Kier alpha value is -2.81. The Bertz CT molecular complexity index is 912. The Morgan fingerprint density at radius 1 is 1.00 bits per heavy atom. The van der Waals surface area contributed by atoms with Crippen molar-refractivity contribution in [1.29, 1.82) is 0 Å². The van der Waals surface area contributed by atoms with Crippen molar-refractivity contribution in [1.82, 2.24) is 5.32 Å². The van der Waals surface area contributed by atoms with Gasteiger partial charge in [-0.25, -0.2) is 0 Å². The first-order valence-electron chi connectivity index (χ1n) is 9.06. The molecule has 134 valence electrons. The lowest BCUT2D eigenvalue weighted by Gasteiger charge is -2.18. The normalized spacial score (nSPS) is 12.0. The summed E-state index contributed by atoms with van der Waals surface area (Å²) in [5.41, 5.74) is 3.48. The second-order valence-electron chi connectivity index (χ2n) is 6.62. The van der Waals surface area contributed by atoms with Crippen LogP contribution in [0.3, 0.4) is 0 Å². The van der Waals surface area contributed by atoms with Crippen LogP contribution in [-0.2, 0) is 11.3 Å². The lowest BCUT2D eigenvalue weighted by molar-refractivity contribution is -0.128. The van der Waals surface area contributed by atoms with E-state index < -0.39 is 6.10 Å². The van der Waals surface area contributed by atoms with Gasteiger partial charge in [-0.1, -0.05) is 55.5 Å². The minimum atomic E-state index is -0.493. The molecule has 0 aliphatic carbocycles. The molecular formula is C23H25NO2. The number of carbonyl (C=O) groups excluding carboxylic acids is 1. The van der Waals surface area contributed by atoms with E-state index in [-0.39, 0.29) is 5.91 Å². The number of amides is 1. The van der Waals surface area contributed by atoms with Crippen LogP contribution in [0.5, 0.6) is 5.75 Å². The summed E-state index contributed by atoms with van der Waals surface area (Å²) in [5.74, 6) is 0.652. The fraction of sp³-hybridized carbons (Fsp3) is 0.261. The topological polar surface area (TPSA) is 38.3 Å². The van der Waals surface area contributed by atoms with Crippen LogP contribution in [0.25, 0.3) is 10.8 Å². The average molecular weight is 347 g/mol. The molecule has 0 radical (unpaired) electrons. The van der Waals surface area contributed by atoms with E-state index in [4.69, 9.17) is 4.74 Å². The lowest BCUT2D eigenvalue weighted by atomic mass is 10.0. The average Bonchev–Trinajstić information content (AvgIpc) is 2.66. The minimum absolute atomic E-state index is 0.0846. The van der Waals surface area contributed by atoms with Crippen molar-refractivity contribution < 1.29 is 9.53 Å². The highest BCUT2D eigenvalue weighted by Gasteiger charge is 2.18. The van der Waals surface area contributed by atoms with Gasteiger partial charge >= 0.3 is 0 Å². The van der Waals surface area contributed by atoms with Crippen molar-refractivity contribution in [3.05, 3.63) is 77.4 Å². The van der Waals surface area contributed by atoms with Gasteiger partial charge in [0.25, 0.3) is 5.91 Å². The van der Waals surface area contributed by atoms with Gasteiger partial charge in [0.05, 0.1) is 0 Å². The summed E-state index contributed by atoms with van der Waals surface area (Å²) in [7, 11) is 0. The maximum Gasteiger partial charge on any atom is 0.261 e. The van der Waals surface area contributed by atoms with Gasteiger partial charge in [-0.15, -0.1) is 0 Å². The van der Waals surface area contributed by atoms with E-state index in [0.29, 0.717) is 13.0 Å². The largest absolute Gasteiger partial charge is 0.481 e. The van der Waals surface area contributed by atoms with Crippen molar-refractivity contribution in [3.8, 4) is 5.75 Å². The molecule has 1 unspecified atom stereocenters. The summed E-state index contributed by atoms with van der Waals surface area (Å²) in [4.78, 5) is 12.6. The van der Waals surface area contributed by atoms with E-state index in [1.165, 1.54) is 16.3 Å². The van der Waals surface area contributed by atoms with Gasteiger partial charge in [-0.2, -0.15) is 0 Å². The third-order valence-electron chi connectivity index (χ3n) is 4.75. The molecule has 3 rings (SSSR count). The zero-order chi connectivity index (χ0) is 18.5. The van der Waals surface area contributed by atoms with Crippen LogP contribution in [0.4, 0.5) is 0 Å². The number of nitrogens with one attached hydrogen (secondary N) is 1. The molecule has 0 bridgehead atoms. The molecule has 3 heteroatoms. The molecule has 26 heavy (non-hydrogen) atoms. The number of hydrogen-bond acceptors (Lipinski definition) is 2. The van der Waals surface area contributed by atoms with Crippen LogP contribution in [0.2, 0.25) is 0 Å². The van der Waals surface area contributed by atoms with Crippen molar-refractivity contribution in [2.75, 3.05) is 0 Å². The van der Waals surface area contributed by atoms with Crippen molar-refractivity contribution in [2.24, 2.45) is 0 Å². The summed E-state index contributed by atoms with van der Waals surface area (Å²) in [6.07, 6.45) is 0.126. The number of benzene rings is 3. The van der Waals surface area contributed by atoms with Gasteiger partial charge in [0.15, 0.2) is 6.10 Å². The third-order valence-corrected chi connectivity index (χ3v) is 4.75. The molecule has 0 fully saturated rings. The van der Waals surface area contributed by atoms with E-state index >= 15 is 0 Å². The smallest absolute Gasteiger partial charge is 0.261 e. The van der Waals surface area contributed by atoms with Crippen LogP contribution >= 0.6 is 0 Å². The first-order chi connectivity index (χ1) is 12.6. The van der Waals surface area contributed by atoms with Crippen molar-refractivity contribution >= 4 is 16.7 Å². The number of fused-ring (bicyclic) bond motifs is 1. The molecule has 3 aromatic rings. The monoisotopic (exact) mass is 347 g/mol. The maximum absolute atomic E-state index is 12.6. The molecule has 1 N–H and O–H groups in total. The first-order valence-corrected chi connectivity index (χ1v) is 9.06. The Morgan fingerprint density at radius 2 is 1.77 bits per heavy atom. The van der Waals surface area contributed by atoms with E-state index in [1.54, 1.807) is 0 Å². The van der Waals surface area contributed by atoms with Gasteiger partial charge in [0.2, 0.25) is 0 Å². The standard InChI is InChI=1S/C23H25NO2/c1-4-22(26-20-13-12-16(2)17(3)14-20)23(25)24-15-19-10-7-9-18-8-5-6-11-21(18)19/h5-14,22H,4,15H2,1-3H3,(H,24,25). The molecule has 1 atom stereocenters. The summed E-state index contributed by atoms with van der Waals surface area (Å²) in [6.45, 7) is 6.56. The Kier molecular flexibility index (Phi) is 5.57. The van der Waals surface area contributed by atoms with E-state index in [0.717, 1.165) is 16.9 Å². The van der Waals surface area contributed by atoms with Crippen molar-refractivity contribution in [3.63, 3.8) is 0 Å². The molecule has 0 saturated heterocycles. The first kappa shape index (κ1) is 18.0. The van der Waals surface area contributed by atoms with Gasteiger partial charge in [0, 0.05) is 6.54 Å². The van der Waals surface area contributed by atoms with Crippen LogP contribution in [0, 0.1) is 13.8 Å².